The minimum absolute atomic E-state index is 1.05. The highest BCUT2D eigenvalue weighted by Gasteiger charge is 2.19. The van der Waals surface area contributed by atoms with E-state index in [4.69, 9.17) is 0 Å². The van der Waals surface area contributed by atoms with Crippen molar-refractivity contribution < 1.29 is 0 Å². The zero-order valence-electron chi connectivity index (χ0n) is 8.79. The Labute approximate surface area is 85.7 Å². The average molecular weight is 190 g/mol. The summed E-state index contributed by atoms with van der Waals surface area (Å²) in [7, 11) is 0. The summed E-state index contributed by atoms with van der Waals surface area (Å²) in [6.45, 7) is 3.12. The van der Waals surface area contributed by atoms with E-state index < -0.39 is 0 Å². The summed E-state index contributed by atoms with van der Waals surface area (Å²) in [6.07, 6.45) is 7.49. The van der Waals surface area contributed by atoms with Crippen molar-refractivity contribution in [3.05, 3.63) is 24.0 Å². The van der Waals surface area contributed by atoms with Crippen molar-refractivity contribution in [2.24, 2.45) is 5.92 Å². The number of hydrogen-bond acceptors (Lipinski definition) is 2. The highest BCUT2D eigenvalue weighted by Crippen LogP contribution is 2.33. The molecule has 1 aliphatic carbocycles. The number of pyridine rings is 1. The van der Waals surface area contributed by atoms with Gasteiger partial charge in [0, 0.05) is 24.1 Å². The molecule has 2 heteroatoms. The van der Waals surface area contributed by atoms with Crippen LogP contribution in [0, 0.1) is 12.8 Å². The quantitative estimate of drug-likeness (QED) is 0.722. The van der Waals surface area contributed by atoms with Crippen molar-refractivity contribution in [2.45, 2.75) is 32.6 Å². The number of anilines is 1. The third-order valence-corrected chi connectivity index (χ3v) is 2.71. The maximum atomic E-state index is 4.17. The van der Waals surface area contributed by atoms with Gasteiger partial charge in [-0.15, -0.1) is 0 Å². The molecular weight excluding hydrogens is 172 g/mol. The van der Waals surface area contributed by atoms with E-state index in [2.05, 4.69) is 16.4 Å². The Kier molecular flexibility index (Phi) is 3.02. The van der Waals surface area contributed by atoms with Crippen LogP contribution < -0.4 is 5.32 Å². The lowest BCUT2D eigenvalue weighted by Crippen LogP contribution is -2.02. The zero-order valence-corrected chi connectivity index (χ0v) is 8.79. The number of rotatable bonds is 5. The molecule has 1 aromatic heterocycles. The molecule has 1 heterocycles. The van der Waals surface area contributed by atoms with Crippen molar-refractivity contribution in [3.63, 3.8) is 0 Å². The summed E-state index contributed by atoms with van der Waals surface area (Å²) < 4.78 is 0. The van der Waals surface area contributed by atoms with Crippen LogP contribution >= 0.6 is 0 Å². The van der Waals surface area contributed by atoms with E-state index in [1.807, 2.05) is 19.2 Å². The molecule has 0 atom stereocenters. The molecule has 1 N–H and O–H groups in total. The van der Waals surface area contributed by atoms with Crippen LogP contribution in [0.4, 0.5) is 5.69 Å². The first-order chi connectivity index (χ1) is 6.84. The Morgan fingerprint density at radius 2 is 2.36 bits per heavy atom. The van der Waals surface area contributed by atoms with Gasteiger partial charge in [0.15, 0.2) is 0 Å². The van der Waals surface area contributed by atoms with E-state index in [-0.39, 0.29) is 0 Å². The first-order valence-corrected chi connectivity index (χ1v) is 5.51. The fourth-order valence-corrected chi connectivity index (χ4v) is 1.69. The van der Waals surface area contributed by atoms with E-state index >= 15 is 0 Å². The van der Waals surface area contributed by atoms with Crippen LogP contribution in [0.1, 0.15) is 31.4 Å². The molecule has 76 valence electrons. The zero-order chi connectivity index (χ0) is 9.80. The van der Waals surface area contributed by atoms with E-state index in [0.717, 1.165) is 18.2 Å². The second-order valence-corrected chi connectivity index (χ2v) is 4.20. The Balaban J connectivity index is 1.68. The van der Waals surface area contributed by atoms with Gasteiger partial charge in [0.2, 0.25) is 0 Å². The van der Waals surface area contributed by atoms with Gasteiger partial charge in [-0.25, -0.2) is 0 Å². The molecule has 0 bridgehead atoms. The van der Waals surface area contributed by atoms with Crippen molar-refractivity contribution in [2.75, 3.05) is 11.9 Å². The van der Waals surface area contributed by atoms with Crippen molar-refractivity contribution >= 4 is 5.69 Å². The smallest absolute Gasteiger partial charge is 0.0393 e. The standard InChI is InChI=1S/C12H18N2/c1-10-9-12(6-8-13-10)14-7-2-3-11-4-5-11/h6,8-9,11H,2-5,7H2,1H3,(H,13,14). The van der Waals surface area contributed by atoms with Crippen LogP contribution in [0.25, 0.3) is 0 Å². The molecule has 1 aliphatic rings. The molecule has 0 unspecified atom stereocenters. The minimum Gasteiger partial charge on any atom is -0.385 e. The third-order valence-electron chi connectivity index (χ3n) is 2.71. The molecule has 1 saturated carbocycles. The summed E-state index contributed by atoms with van der Waals surface area (Å²) in [5, 5.41) is 3.43. The molecule has 1 fully saturated rings. The fraction of sp³-hybridized carbons (Fsp3) is 0.583. The van der Waals surface area contributed by atoms with E-state index in [9.17, 15) is 0 Å². The molecule has 0 saturated heterocycles. The van der Waals surface area contributed by atoms with Crippen LogP contribution in [0.2, 0.25) is 0 Å². The van der Waals surface area contributed by atoms with Gasteiger partial charge in [0.25, 0.3) is 0 Å². The Morgan fingerprint density at radius 3 is 3.07 bits per heavy atom. The highest BCUT2D eigenvalue weighted by molar-refractivity contribution is 5.42. The van der Waals surface area contributed by atoms with Crippen LogP contribution in [-0.4, -0.2) is 11.5 Å². The van der Waals surface area contributed by atoms with Crippen molar-refractivity contribution in [1.29, 1.82) is 0 Å². The number of aryl methyl sites for hydroxylation is 1. The van der Waals surface area contributed by atoms with E-state index in [1.54, 1.807) is 0 Å². The summed E-state index contributed by atoms with van der Waals surface area (Å²) in [5.74, 6) is 1.05. The Bertz CT molecular complexity index is 292. The van der Waals surface area contributed by atoms with Crippen LogP contribution in [-0.2, 0) is 0 Å². The molecule has 2 nitrogen and oxygen atoms in total. The lowest BCUT2D eigenvalue weighted by atomic mass is 10.2. The van der Waals surface area contributed by atoms with Gasteiger partial charge in [-0.3, -0.25) is 4.98 Å². The largest absolute Gasteiger partial charge is 0.385 e. The molecule has 0 aromatic carbocycles. The molecule has 1 aromatic rings. The molecule has 14 heavy (non-hydrogen) atoms. The summed E-state index contributed by atoms with van der Waals surface area (Å²) in [4.78, 5) is 4.17. The first kappa shape index (κ1) is 9.50. The summed E-state index contributed by atoms with van der Waals surface area (Å²) in [6, 6.07) is 4.13. The molecule has 2 rings (SSSR count). The lowest BCUT2D eigenvalue weighted by Gasteiger charge is -2.05. The van der Waals surface area contributed by atoms with E-state index in [0.29, 0.717) is 0 Å². The van der Waals surface area contributed by atoms with Gasteiger partial charge >= 0.3 is 0 Å². The predicted molar refractivity (Wildman–Crippen MR) is 59.4 cm³/mol. The number of hydrogen-bond donors (Lipinski definition) is 1. The minimum atomic E-state index is 1.05. The van der Waals surface area contributed by atoms with Crippen LogP contribution in [0.5, 0.6) is 0 Å². The van der Waals surface area contributed by atoms with Gasteiger partial charge in [-0.1, -0.05) is 12.8 Å². The topological polar surface area (TPSA) is 24.9 Å². The molecule has 0 radical (unpaired) electrons. The average Bonchev–Trinajstić information content (AvgIpc) is 2.96. The SMILES string of the molecule is Cc1cc(NCCCC2CC2)ccn1. The molecule has 0 spiro atoms. The normalized spacial score (nSPS) is 15.5. The molecule has 0 amide bonds. The van der Waals surface area contributed by atoms with Gasteiger partial charge in [-0.2, -0.15) is 0 Å². The predicted octanol–water partition coefficient (Wildman–Crippen LogP) is 2.99. The summed E-state index contributed by atoms with van der Waals surface area (Å²) in [5.41, 5.74) is 2.28. The summed E-state index contributed by atoms with van der Waals surface area (Å²) >= 11 is 0. The Hall–Kier alpha value is -1.05. The second-order valence-electron chi connectivity index (χ2n) is 4.20. The van der Waals surface area contributed by atoms with Gasteiger partial charge in [-0.05, 0) is 37.8 Å². The van der Waals surface area contributed by atoms with Crippen LogP contribution in [0.3, 0.4) is 0 Å². The lowest BCUT2D eigenvalue weighted by molar-refractivity contribution is 0.687. The first-order valence-electron chi connectivity index (χ1n) is 5.51. The molecular formula is C12H18N2. The van der Waals surface area contributed by atoms with Crippen molar-refractivity contribution in [3.8, 4) is 0 Å². The second kappa shape index (κ2) is 4.45. The fourth-order valence-electron chi connectivity index (χ4n) is 1.69. The van der Waals surface area contributed by atoms with Gasteiger partial charge in [0.1, 0.15) is 0 Å². The van der Waals surface area contributed by atoms with Crippen molar-refractivity contribution in [1.82, 2.24) is 4.98 Å². The third kappa shape index (κ3) is 3.02. The van der Waals surface area contributed by atoms with E-state index in [1.165, 1.54) is 31.4 Å². The monoisotopic (exact) mass is 190 g/mol. The Morgan fingerprint density at radius 1 is 1.50 bits per heavy atom. The molecule has 0 aliphatic heterocycles. The van der Waals surface area contributed by atoms with Gasteiger partial charge in [0.05, 0.1) is 0 Å². The number of nitrogens with zero attached hydrogens (tertiary/aromatic N) is 1. The number of aromatic nitrogens is 1. The number of nitrogens with one attached hydrogen (secondary N) is 1. The maximum Gasteiger partial charge on any atom is 0.0393 e. The highest BCUT2D eigenvalue weighted by atomic mass is 14.9. The van der Waals surface area contributed by atoms with Crippen LogP contribution in [0.15, 0.2) is 18.3 Å². The maximum absolute atomic E-state index is 4.17. The van der Waals surface area contributed by atoms with Gasteiger partial charge < -0.3 is 5.32 Å².